The van der Waals surface area contributed by atoms with Gasteiger partial charge in [-0.15, -0.1) is 0 Å². The molecule has 0 amide bonds. The molecule has 208 valence electrons. The first-order chi connectivity index (χ1) is 18.7. The van der Waals surface area contributed by atoms with Gasteiger partial charge in [-0.05, 0) is 65.6 Å². The first-order valence-corrected chi connectivity index (χ1v) is 12.8. The van der Waals surface area contributed by atoms with Crippen LogP contribution in [0.15, 0.2) is 54.7 Å². The van der Waals surface area contributed by atoms with Gasteiger partial charge in [-0.2, -0.15) is 13.2 Å². The van der Waals surface area contributed by atoms with Gasteiger partial charge < -0.3 is 29.2 Å². The number of nitrogens with zero attached hydrogens (tertiary/aromatic N) is 4. The number of rotatable bonds is 9. The standard InChI is InChI=1S/C27H29F3N4O5/c28-27(29,30)21-3-1-19(2-4-21)16-37-17-20-9-12-32(13-10-20)22-5-7-23(8-6-22)38-18-24-11-14-33-15-25(34(35)36)31-26(33)39-24/h1-8,15,20,24H,9-14,16-18H2. The molecule has 1 atom stereocenters. The fourth-order valence-electron chi connectivity index (χ4n) is 4.77. The van der Waals surface area contributed by atoms with Gasteiger partial charge in [0.25, 0.3) is 0 Å². The summed E-state index contributed by atoms with van der Waals surface area (Å²) in [5, 5.41) is 10.9. The number of aryl methyl sites for hydroxylation is 1. The van der Waals surface area contributed by atoms with Crippen LogP contribution in [0.5, 0.6) is 11.8 Å². The van der Waals surface area contributed by atoms with Crippen molar-refractivity contribution in [1.29, 1.82) is 0 Å². The van der Waals surface area contributed by atoms with E-state index < -0.39 is 16.7 Å². The van der Waals surface area contributed by atoms with E-state index in [9.17, 15) is 23.3 Å². The Balaban J connectivity index is 1.02. The van der Waals surface area contributed by atoms with Crippen LogP contribution in [0.1, 0.15) is 30.4 Å². The highest BCUT2D eigenvalue weighted by molar-refractivity contribution is 5.49. The summed E-state index contributed by atoms with van der Waals surface area (Å²) in [5.41, 5.74) is 1.18. The van der Waals surface area contributed by atoms with E-state index in [-0.39, 0.29) is 17.9 Å². The number of imidazole rings is 1. The number of halogens is 3. The molecule has 1 saturated heterocycles. The lowest BCUT2D eigenvalue weighted by Gasteiger charge is -2.33. The molecule has 1 fully saturated rings. The lowest BCUT2D eigenvalue weighted by Crippen LogP contribution is -2.35. The van der Waals surface area contributed by atoms with Crippen LogP contribution in [-0.2, 0) is 24.1 Å². The summed E-state index contributed by atoms with van der Waals surface area (Å²) < 4.78 is 57.1. The fraction of sp³-hybridized carbons (Fsp3) is 0.444. The van der Waals surface area contributed by atoms with Crippen LogP contribution in [0.25, 0.3) is 0 Å². The second-order valence-electron chi connectivity index (χ2n) is 9.81. The molecular formula is C27H29F3N4O5. The Bertz CT molecular complexity index is 1260. The third-order valence-electron chi connectivity index (χ3n) is 7.03. The van der Waals surface area contributed by atoms with Gasteiger partial charge >= 0.3 is 18.0 Å². The minimum Gasteiger partial charge on any atom is -0.490 e. The third-order valence-corrected chi connectivity index (χ3v) is 7.03. The van der Waals surface area contributed by atoms with Crippen LogP contribution in [0.2, 0.25) is 0 Å². The Morgan fingerprint density at radius 1 is 1.00 bits per heavy atom. The zero-order valence-corrected chi connectivity index (χ0v) is 21.2. The van der Waals surface area contributed by atoms with Crippen LogP contribution >= 0.6 is 0 Å². The smallest absolute Gasteiger partial charge is 0.416 e. The van der Waals surface area contributed by atoms with E-state index in [4.69, 9.17) is 14.2 Å². The average Bonchev–Trinajstić information content (AvgIpc) is 3.37. The molecule has 2 aromatic carbocycles. The summed E-state index contributed by atoms with van der Waals surface area (Å²) in [4.78, 5) is 16.6. The topological polar surface area (TPSA) is 91.9 Å². The predicted molar refractivity (Wildman–Crippen MR) is 136 cm³/mol. The minimum absolute atomic E-state index is 0.225. The lowest BCUT2D eigenvalue weighted by atomic mass is 9.97. The molecule has 12 heteroatoms. The molecule has 0 spiro atoms. The first kappa shape index (κ1) is 26.8. The highest BCUT2D eigenvalue weighted by Crippen LogP contribution is 2.30. The maximum atomic E-state index is 12.7. The normalized spacial score (nSPS) is 17.9. The van der Waals surface area contributed by atoms with Gasteiger partial charge in [-0.3, -0.25) is 4.57 Å². The van der Waals surface area contributed by atoms with Crippen LogP contribution in [-0.4, -0.2) is 46.9 Å². The first-order valence-electron chi connectivity index (χ1n) is 12.8. The number of hydrogen-bond donors (Lipinski definition) is 0. The second-order valence-corrected chi connectivity index (χ2v) is 9.81. The fourth-order valence-corrected chi connectivity index (χ4v) is 4.77. The summed E-state index contributed by atoms with van der Waals surface area (Å²) in [6, 6.07) is 13.2. The van der Waals surface area contributed by atoms with Gasteiger partial charge in [0.15, 0.2) is 0 Å². The third kappa shape index (κ3) is 6.80. The molecule has 0 bridgehead atoms. The molecule has 39 heavy (non-hydrogen) atoms. The Kier molecular flexibility index (Phi) is 7.92. The highest BCUT2D eigenvalue weighted by Gasteiger charge is 2.30. The highest BCUT2D eigenvalue weighted by atomic mass is 19.4. The SMILES string of the molecule is O=[N+]([O-])c1cn2c(n1)OC(COc1ccc(N3CCC(COCc4ccc(C(F)(F)F)cc4)CC3)cc1)CC2. The van der Waals surface area contributed by atoms with Gasteiger partial charge in [0.05, 0.1) is 12.2 Å². The van der Waals surface area contributed by atoms with Crippen molar-refractivity contribution in [2.75, 3.05) is 31.2 Å². The number of nitro groups is 1. The van der Waals surface area contributed by atoms with E-state index in [1.54, 1.807) is 4.57 Å². The van der Waals surface area contributed by atoms with Crippen LogP contribution in [0, 0.1) is 16.0 Å². The predicted octanol–water partition coefficient (Wildman–Crippen LogP) is 5.47. The number of anilines is 1. The molecule has 0 aliphatic carbocycles. The Morgan fingerprint density at radius 2 is 1.72 bits per heavy atom. The van der Waals surface area contributed by atoms with Crippen molar-refractivity contribution in [3.8, 4) is 11.8 Å². The molecule has 0 saturated carbocycles. The number of hydrogen-bond acceptors (Lipinski definition) is 7. The molecule has 0 N–H and O–H groups in total. The van der Waals surface area contributed by atoms with Crippen molar-refractivity contribution in [3.05, 3.63) is 76.0 Å². The average molecular weight is 547 g/mol. The van der Waals surface area contributed by atoms with Gasteiger partial charge in [0, 0.05) is 43.3 Å². The largest absolute Gasteiger partial charge is 0.490 e. The van der Waals surface area contributed by atoms with E-state index in [0.717, 1.165) is 49.3 Å². The monoisotopic (exact) mass is 546 g/mol. The molecule has 1 unspecified atom stereocenters. The zero-order valence-electron chi connectivity index (χ0n) is 21.2. The molecule has 9 nitrogen and oxygen atoms in total. The van der Waals surface area contributed by atoms with Crippen molar-refractivity contribution in [2.24, 2.45) is 5.92 Å². The number of ether oxygens (including phenoxy) is 3. The van der Waals surface area contributed by atoms with Crippen molar-refractivity contribution in [3.63, 3.8) is 0 Å². The lowest BCUT2D eigenvalue weighted by molar-refractivity contribution is -0.389. The van der Waals surface area contributed by atoms with Crippen LogP contribution < -0.4 is 14.4 Å². The summed E-state index contributed by atoms with van der Waals surface area (Å²) in [6.07, 6.45) is -0.576. The maximum absolute atomic E-state index is 12.7. The van der Waals surface area contributed by atoms with Gasteiger partial charge in [0.1, 0.15) is 24.7 Å². The Labute approximate surface area is 223 Å². The van der Waals surface area contributed by atoms with E-state index in [1.165, 1.54) is 18.3 Å². The van der Waals surface area contributed by atoms with E-state index in [1.807, 2.05) is 24.3 Å². The molecular weight excluding hydrogens is 517 g/mol. The summed E-state index contributed by atoms with van der Waals surface area (Å²) in [6.45, 7) is 3.57. The molecule has 0 radical (unpaired) electrons. The molecule has 3 heterocycles. The van der Waals surface area contributed by atoms with E-state index in [2.05, 4.69) is 9.88 Å². The van der Waals surface area contributed by atoms with E-state index in [0.29, 0.717) is 44.5 Å². The maximum Gasteiger partial charge on any atom is 0.416 e. The zero-order chi connectivity index (χ0) is 27.4. The number of aromatic nitrogens is 2. The summed E-state index contributed by atoms with van der Waals surface area (Å²) in [5.74, 6) is 0.900. The molecule has 1 aromatic heterocycles. The quantitative estimate of drug-likeness (QED) is 0.260. The van der Waals surface area contributed by atoms with Gasteiger partial charge in [-0.1, -0.05) is 12.1 Å². The van der Waals surface area contributed by atoms with Gasteiger partial charge in [0.2, 0.25) is 0 Å². The van der Waals surface area contributed by atoms with Crippen molar-refractivity contribution >= 4 is 11.5 Å². The van der Waals surface area contributed by atoms with Crippen LogP contribution in [0.4, 0.5) is 24.7 Å². The number of benzene rings is 2. The van der Waals surface area contributed by atoms with E-state index >= 15 is 0 Å². The number of piperidine rings is 1. The minimum atomic E-state index is -4.33. The summed E-state index contributed by atoms with van der Waals surface area (Å²) in [7, 11) is 0. The van der Waals surface area contributed by atoms with Crippen molar-refractivity contribution in [2.45, 2.75) is 44.7 Å². The summed E-state index contributed by atoms with van der Waals surface area (Å²) >= 11 is 0. The van der Waals surface area contributed by atoms with Crippen LogP contribution in [0.3, 0.4) is 0 Å². The molecule has 5 rings (SSSR count). The van der Waals surface area contributed by atoms with Crippen molar-refractivity contribution in [1.82, 2.24) is 9.55 Å². The van der Waals surface area contributed by atoms with Crippen molar-refractivity contribution < 1.29 is 32.3 Å². The molecule has 2 aliphatic rings. The second kappa shape index (κ2) is 11.5. The molecule has 2 aliphatic heterocycles. The number of alkyl halides is 3. The number of fused-ring (bicyclic) bond motifs is 1. The van der Waals surface area contributed by atoms with Gasteiger partial charge in [-0.25, -0.2) is 0 Å². The molecule has 3 aromatic rings. The Morgan fingerprint density at radius 3 is 2.38 bits per heavy atom. The Hall–Kier alpha value is -3.80.